The van der Waals surface area contributed by atoms with Gasteiger partial charge in [-0.3, -0.25) is 4.79 Å². The van der Waals surface area contributed by atoms with Crippen molar-refractivity contribution in [2.45, 2.75) is 80.1 Å². The van der Waals surface area contributed by atoms with Crippen molar-refractivity contribution in [2.24, 2.45) is 23.7 Å². The zero-order chi connectivity index (χ0) is 20.3. The predicted molar refractivity (Wildman–Crippen MR) is 110 cm³/mol. The largest absolute Gasteiger partial charge is 0.387 e. The summed E-state index contributed by atoms with van der Waals surface area (Å²) in [6.45, 7) is 2.83. The summed E-state index contributed by atoms with van der Waals surface area (Å²) in [6, 6.07) is 0.630. The van der Waals surface area contributed by atoms with Gasteiger partial charge in [0.05, 0.1) is 23.0 Å². The third-order valence-electron chi connectivity index (χ3n) is 8.54. The first kappa shape index (κ1) is 20.8. The van der Waals surface area contributed by atoms with Crippen LogP contribution in [0.5, 0.6) is 0 Å². The number of piperidine rings is 1. The number of carbonyl (C=O) groups excluding carboxylic acids is 1. The van der Waals surface area contributed by atoms with Gasteiger partial charge in [-0.1, -0.05) is 0 Å². The number of nitrogens with zero attached hydrogens (tertiary/aromatic N) is 1. The second-order valence-electron chi connectivity index (χ2n) is 9.69. The number of fused-ring (bicyclic) bond motifs is 4. The van der Waals surface area contributed by atoms with E-state index in [1.54, 1.807) is 0 Å². The molecule has 0 aromatic rings. The highest BCUT2D eigenvalue weighted by molar-refractivity contribution is 6.30. The number of carbonyl (C=O) groups is 1. The van der Waals surface area contributed by atoms with Gasteiger partial charge < -0.3 is 24.8 Å². The summed E-state index contributed by atoms with van der Waals surface area (Å²) >= 11 is 13.6. The number of hydrogen-bond donors (Lipinski definition) is 2. The van der Waals surface area contributed by atoms with Crippen LogP contribution in [0.4, 0.5) is 0 Å². The SMILES string of the molecule is C[C@H]1C2C(CCN1C(=O)CO)NC1C(Cl)C(Cl)CC(C3CCC4OCOC4C3)C12. The van der Waals surface area contributed by atoms with E-state index in [2.05, 4.69) is 12.2 Å². The van der Waals surface area contributed by atoms with Crippen molar-refractivity contribution in [2.75, 3.05) is 19.9 Å². The minimum absolute atomic E-state index is 0.0421. The van der Waals surface area contributed by atoms with Gasteiger partial charge >= 0.3 is 0 Å². The maximum Gasteiger partial charge on any atom is 0.248 e. The Morgan fingerprint density at radius 2 is 1.93 bits per heavy atom. The Hall–Kier alpha value is -0.110. The molecule has 29 heavy (non-hydrogen) atoms. The van der Waals surface area contributed by atoms with Gasteiger partial charge in [0.25, 0.3) is 0 Å². The van der Waals surface area contributed by atoms with Gasteiger partial charge in [-0.15, -0.1) is 23.2 Å². The second kappa shape index (κ2) is 8.10. The predicted octanol–water partition coefficient (Wildman–Crippen LogP) is 1.95. The molecular formula is C21H32Cl2N2O4. The lowest BCUT2D eigenvalue weighted by Gasteiger charge is -2.50. The van der Waals surface area contributed by atoms with E-state index >= 15 is 0 Å². The molecule has 3 saturated heterocycles. The van der Waals surface area contributed by atoms with Crippen LogP contribution in [0, 0.1) is 23.7 Å². The van der Waals surface area contributed by atoms with Crippen LogP contribution < -0.4 is 5.32 Å². The molecule has 6 nitrogen and oxygen atoms in total. The number of likely N-dealkylation sites (tertiary alicyclic amines) is 1. The molecule has 2 N–H and O–H groups in total. The first-order valence-electron chi connectivity index (χ1n) is 11.2. The highest BCUT2D eigenvalue weighted by Crippen LogP contribution is 2.53. The minimum Gasteiger partial charge on any atom is -0.387 e. The van der Waals surface area contributed by atoms with Crippen molar-refractivity contribution in [1.82, 2.24) is 10.2 Å². The second-order valence-corrected chi connectivity index (χ2v) is 10.8. The highest BCUT2D eigenvalue weighted by atomic mass is 35.5. The van der Waals surface area contributed by atoms with Crippen LogP contribution >= 0.6 is 23.2 Å². The third kappa shape index (κ3) is 3.42. The van der Waals surface area contributed by atoms with E-state index < -0.39 is 6.61 Å². The highest BCUT2D eigenvalue weighted by Gasteiger charge is 2.58. The molecule has 0 spiro atoms. The van der Waals surface area contributed by atoms with E-state index in [1.165, 1.54) is 0 Å². The Morgan fingerprint density at radius 1 is 1.14 bits per heavy atom. The molecular weight excluding hydrogens is 415 g/mol. The zero-order valence-electron chi connectivity index (χ0n) is 16.9. The summed E-state index contributed by atoms with van der Waals surface area (Å²) < 4.78 is 11.6. The summed E-state index contributed by atoms with van der Waals surface area (Å²) in [5.74, 6) is 1.59. The minimum atomic E-state index is -0.419. The van der Waals surface area contributed by atoms with Gasteiger partial charge in [-0.2, -0.15) is 0 Å². The first-order valence-corrected chi connectivity index (χ1v) is 12.0. The number of nitrogens with one attached hydrogen (secondary N) is 1. The number of aliphatic hydroxyl groups excluding tert-OH is 1. The van der Waals surface area contributed by atoms with Crippen LogP contribution in [0.25, 0.3) is 0 Å². The lowest BCUT2D eigenvalue weighted by Crippen LogP contribution is -2.56. The topological polar surface area (TPSA) is 71.0 Å². The lowest BCUT2D eigenvalue weighted by molar-refractivity contribution is -0.140. The van der Waals surface area contributed by atoms with Gasteiger partial charge in [0.15, 0.2) is 0 Å². The fraction of sp³-hybridized carbons (Fsp3) is 0.952. The third-order valence-corrected chi connectivity index (χ3v) is 9.69. The Balaban J connectivity index is 1.42. The Bertz CT molecular complexity index is 640. The molecule has 8 heteroatoms. The van der Waals surface area contributed by atoms with Gasteiger partial charge in [0, 0.05) is 24.7 Å². The zero-order valence-corrected chi connectivity index (χ0v) is 18.4. The van der Waals surface area contributed by atoms with Crippen molar-refractivity contribution < 1.29 is 19.4 Å². The van der Waals surface area contributed by atoms with Gasteiger partial charge in [-0.05, 0) is 62.7 Å². The molecule has 1 amide bonds. The molecule has 3 heterocycles. The molecule has 3 aliphatic heterocycles. The van der Waals surface area contributed by atoms with Crippen LogP contribution in [0.1, 0.15) is 39.0 Å². The molecule has 5 fully saturated rings. The lowest BCUT2D eigenvalue weighted by atomic mass is 9.61. The van der Waals surface area contributed by atoms with Crippen molar-refractivity contribution in [1.29, 1.82) is 0 Å². The van der Waals surface area contributed by atoms with Crippen molar-refractivity contribution >= 4 is 29.1 Å². The van der Waals surface area contributed by atoms with Gasteiger partial charge in [0.1, 0.15) is 13.4 Å². The number of hydrogen-bond acceptors (Lipinski definition) is 5. The van der Waals surface area contributed by atoms with Gasteiger partial charge in [-0.25, -0.2) is 0 Å². The maximum absolute atomic E-state index is 12.3. The van der Waals surface area contributed by atoms with Crippen LogP contribution in [-0.4, -0.2) is 76.9 Å². The van der Waals surface area contributed by atoms with E-state index in [9.17, 15) is 9.90 Å². The van der Waals surface area contributed by atoms with E-state index in [1.807, 2.05) is 4.90 Å². The van der Waals surface area contributed by atoms with Crippen molar-refractivity contribution in [3.8, 4) is 0 Å². The average molecular weight is 447 g/mol. The van der Waals surface area contributed by atoms with Crippen LogP contribution in [-0.2, 0) is 14.3 Å². The normalized spacial score (nSPS) is 52.0. The quantitative estimate of drug-likeness (QED) is 0.634. The van der Waals surface area contributed by atoms with Crippen LogP contribution in [0.15, 0.2) is 0 Å². The fourth-order valence-corrected chi connectivity index (χ4v) is 7.98. The Morgan fingerprint density at radius 3 is 2.72 bits per heavy atom. The Labute approximate surface area is 182 Å². The molecule has 2 aliphatic carbocycles. The number of ether oxygens (including phenoxy) is 2. The number of alkyl halides is 2. The van der Waals surface area contributed by atoms with Crippen molar-refractivity contribution in [3.63, 3.8) is 0 Å². The van der Waals surface area contributed by atoms with E-state index in [-0.39, 0.29) is 41.0 Å². The molecule has 2 saturated carbocycles. The number of rotatable bonds is 2. The molecule has 0 aromatic heterocycles. The van der Waals surface area contributed by atoms with Crippen LogP contribution in [0.2, 0.25) is 0 Å². The summed E-state index contributed by atoms with van der Waals surface area (Å²) in [5, 5.41) is 13.1. The molecule has 0 aromatic carbocycles. The summed E-state index contributed by atoms with van der Waals surface area (Å²) in [7, 11) is 0. The summed E-state index contributed by atoms with van der Waals surface area (Å²) in [5.41, 5.74) is 0. The summed E-state index contributed by atoms with van der Waals surface area (Å²) in [4.78, 5) is 14.2. The fourth-order valence-electron chi connectivity index (χ4n) is 7.28. The van der Waals surface area contributed by atoms with E-state index in [0.717, 1.165) is 32.1 Å². The number of halogens is 2. The smallest absolute Gasteiger partial charge is 0.248 e. The molecule has 10 unspecified atom stereocenters. The molecule has 0 radical (unpaired) electrons. The summed E-state index contributed by atoms with van der Waals surface area (Å²) in [6.07, 6.45) is 5.50. The molecule has 164 valence electrons. The van der Waals surface area contributed by atoms with E-state index in [4.69, 9.17) is 32.7 Å². The van der Waals surface area contributed by atoms with Crippen LogP contribution in [0.3, 0.4) is 0 Å². The van der Waals surface area contributed by atoms with E-state index in [0.29, 0.717) is 43.1 Å². The molecule has 5 aliphatic rings. The number of aliphatic hydroxyl groups is 1. The first-order chi connectivity index (χ1) is 14.0. The molecule has 11 atom stereocenters. The molecule has 5 rings (SSSR count). The van der Waals surface area contributed by atoms with Gasteiger partial charge in [0.2, 0.25) is 5.91 Å². The standard InChI is InChI=1S/C21H32Cl2N2O4/c1-10-18-14(4-5-25(10)17(27)8-26)24-21-19(18)12(7-13(22)20(21)23)11-2-3-15-16(6-11)29-9-28-15/h10-16,18-21,24,26H,2-9H2,1H3/t10-,11?,12?,13?,14?,15?,16?,18?,19?,20?,21?/m0/s1. The average Bonchev–Trinajstić information content (AvgIpc) is 3.35. The van der Waals surface area contributed by atoms with Crippen molar-refractivity contribution in [3.05, 3.63) is 0 Å². The Kier molecular flexibility index (Phi) is 5.80. The monoisotopic (exact) mass is 446 g/mol. The molecule has 0 bridgehead atoms. The maximum atomic E-state index is 12.3. The number of amides is 1.